The molecule has 0 atom stereocenters. The highest BCUT2D eigenvalue weighted by atomic mass is 35.5. The van der Waals surface area contributed by atoms with Gasteiger partial charge in [-0.25, -0.2) is 0 Å². The van der Waals surface area contributed by atoms with Crippen molar-refractivity contribution < 1.29 is 9.66 Å². The van der Waals surface area contributed by atoms with Gasteiger partial charge in [-0.05, 0) is 23.4 Å². The van der Waals surface area contributed by atoms with Gasteiger partial charge in [-0.15, -0.1) is 15.0 Å². The fourth-order valence-electron chi connectivity index (χ4n) is 1.97. The Labute approximate surface area is 135 Å². The number of nitrogens with zero attached hydrogens (tertiary/aromatic N) is 5. The van der Waals surface area contributed by atoms with Gasteiger partial charge in [0, 0.05) is 17.7 Å². The normalized spacial score (nSPS) is 10.5. The third kappa shape index (κ3) is 2.97. The van der Waals surface area contributed by atoms with Crippen molar-refractivity contribution in [2.45, 2.75) is 0 Å². The first-order valence-electron chi connectivity index (χ1n) is 6.47. The van der Waals surface area contributed by atoms with Crippen molar-refractivity contribution in [1.29, 1.82) is 0 Å². The van der Waals surface area contributed by atoms with Crippen LogP contribution in [0.3, 0.4) is 0 Å². The number of halogens is 1. The highest BCUT2D eigenvalue weighted by Gasteiger charge is 2.14. The molecule has 9 heteroatoms. The van der Waals surface area contributed by atoms with Crippen LogP contribution >= 0.6 is 11.6 Å². The van der Waals surface area contributed by atoms with Gasteiger partial charge in [0.2, 0.25) is 5.82 Å². The van der Waals surface area contributed by atoms with Gasteiger partial charge in [0.15, 0.2) is 0 Å². The second-order valence-corrected chi connectivity index (χ2v) is 4.93. The van der Waals surface area contributed by atoms with Crippen molar-refractivity contribution in [3.63, 3.8) is 0 Å². The van der Waals surface area contributed by atoms with Gasteiger partial charge < -0.3 is 4.74 Å². The third-order valence-electron chi connectivity index (χ3n) is 3.10. The number of rotatable bonds is 4. The van der Waals surface area contributed by atoms with E-state index < -0.39 is 4.92 Å². The topological polar surface area (TPSA) is 96.0 Å². The van der Waals surface area contributed by atoms with Crippen LogP contribution in [0.5, 0.6) is 5.75 Å². The number of tetrazole rings is 1. The molecule has 23 heavy (non-hydrogen) atoms. The molecule has 0 aliphatic heterocycles. The molecule has 8 nitrogen and oxygen atoms in total. The van der Waals surface area contributed by atoms with E-state index in [4.69, 9.17) is 16.3 Å². The Hall–Kier alpha value is -3.00. The highest BCUT2D eigenvalue weighted by molar-refractivity contribution is 6.32. The Bertz CT molecular complexity index is 880. The molecule has 0 radical (unpaired) electrons. The standard InChI is InChI=1S/C14H10ClN5O3/c1-23-11-4-2-3-9(7-11)14-16-18-19(17-14)13-6-5-10(20(21)22)8-12(13)15/h2-8H,1H3. The summed E-state index contributed by atoms with van der Waals surface area (Å²) < 4.78 is 5.15. The quantitative estimate of drug-likeness (QED) is 0.538. The molecule has 0 saturated heterocycles. The van der Waals surface area contributed by atoms with E-state index in [9.17, 15) is 10.1 Å². The van der Waals surface area contributed by atoms with Gasteiger partial charge in [0.1, 0.15) is 11.4 Å². The predicted molar refractivity (Wildman–Crippen MR) is 82.8 cm³/mol. The van der Waals surface area contributed by atoms with Crippen molar-refractivity contribution in [1.82, 2.24) is 20.2 Å². The number of ether oxygens (including phenoxy) is 1. The third-order valence-corrected chi connectivity index (χ3v) is 3.40. The minimum absolute atomic E-state index is 0.105. The van der Waals surface area contributed by atoms with E-state index in [-0.39, 0.29) is 10.7 Å². The lowest BCUT2D eigenvalue weighted by Crippen LogP contribution is -2.00. The Kier molecular flexibility index (Phi) is 3.90. The van der Waals surface area contributed by atoms with E-state index in [0.29, 0.717) is 17.3 Å². The molecule has 0 aliphatic rings. The minimum Gasteiger partial charge on any atom is -0.497 e. The fraction of sp³-hybridized carbons (Fsp3) is 0.0714. The maximum Gasteiger partial charge on any atom is 0.271 e. The fourth-order valence-corrected chi connectivity index (χ4v) is 2.22. The van der Waals surface area contributed by atoms with E-state index in [2.05, 4.69) is 15.4 Å². The lowest BCUT2D eigenvalue weighted by molar-refractivity contribution is -0.384. The Morgan fingerprint density at radius 2 is 2.09 bits per heavy atom. The lowest BCUT2D eigenvalue weighted by Gasteiger charge is -2.02. The molecule has 116 valence electrons. The van der Waals surface area contributed by atoms with E-state index in [0.717, 1.165) is 5.56 Å². The Morgan fingerprint density at radius 1 is 1.26 bits per heavy atom. The molecular formula is C14H10ClN5O3. The van der Waals surface area contributed by atoms with Gasteiger partial charge >= 0.3 is 0 Å². The summed E-state index contributed by atoms with van der Waals surface area (Å²) in [6.07, 6.45) is 0. The number of hydrogen-bond donors (Lipinski definition) is 0. The van der Waals surface area contributed by atoms with Crippen molar-refractivity contribution in [3.8, 4) is 22.8 Å². The largest absolute Gasteiger partial charge is 0.497 e. The van der Waals surface area contributed by atoms with Gasteiger partial charge in [0.05, 0.1) is 17.1 Å². The van der Waals surface area contributed by atoms with Gasteiger partial charge in [-0.3, -0.25) is 10.1 Å². The maximum absolute atomic E-state index is 10.7. The molecule has 0 aliphatic carbocycles. The van der Waals surface area contributed by atoms with Gasteiger partial charge in [-0.2, -0.15) is 0 Å². The average Bonchev–Trinajstić information content (AvgIpc) is 3.04. The number of benzene rings is 2. The van der Waals surface area contributed by atoms with Crippen LogP contribution in [0.25, 0.3) is 17.1 Å². The van der Waals surface area contributed by atoms with Crippen molar-refractivity contribution in [2.24, 2.45) is 0 Å². The van der Waals surface area contributed by atoms with Crippen LogP contribution in [-0.4, -0.2) is 32.2 Å². The van der Waals surface area contributed by atoms with E-state index >= 15 is 0 Å². The SMILES string of the molecule is COc1cccc(-c2nnn(-c3ccc([N+](=O)[O-])cc3Cl)n2)c1. The zero-order valence-corrected chi connectivity index (χ0v) is 12.6. The molecule has 1 aromatic heterocycles. The summed E-state index contributed by atoms with van der Waals surface area (Å²) in [4.78, 5) is 11.4. The molecule has 3 aromatic rings. The van der Waals surface area contributed by atoms with Crippen molar-refractivity contribution >= 4 is 17.3 Å². The number of nitro groups is 1. The second-order valence-electron chi connectivity index (χ2n) is 4.53. The summed E-state index contributed by atoms with van der Waals surface area (Å²) in [6.45, 7) is 0. The first-order chi connectivity index (χ1) is 11.1. The summed E-state index contributed by atoms with van der Waals surface area (Å²) in [5.74, 6) is 1.06. The molecule has 2 aromatic carbocycles. The number of aromatic nitrogens is 4. The first kappa shape index (κ1) is 14.9. The molecule has 0 bridgehead atoms. The summed E-state index contributed by atoms with van der Waals surface area (Å²) in [7, 11) is 1.57. The highest BCUT2D eigenvalue weighted by Crippen LogP contribution is 2.25. The van der Waals surface area contributed by atoms with Crippen molar-refractivity contribution in [3.05, 3.63) is 57.6 Å². The average molecular weight is 332 g/mol. The van der Waals surface area contributed by atoms with Crippen LogP contribution in [0.4, 0.5) is 5.69 Å². The van der Waals surface area contributed by atoms with Crippen LogP contribution < -0.4 is 4.74 Å². The van der Waals surface area contributed by atoms with Gasteiger partial charge in [0.25, 0.3) is 5.69 Å². The first-order valence-corrected chi connectivity index (χ1v) is 6.85. The van der Waals surface area contributed by atoms with Crippen LogP contribution in [0.15, 0.2) is 42.5 Å². The lowest BCUT2D eigenvalue weighted by atomic mass is 10.2. The van der Waals surface area contributed by atoms with Crippen LogP contribution in [-0.2, 0) is 0 Å². The minimum atomic E-state index is -0.522. The second kappa shape index (κ2) is 6.01. The van der Waals surface area contributed by atoms with Gasteiger partial charge in [-0.1, -0.05) is 23.7 Å². The molecule has 3 rings (SSSR count). The smallest absolute Gasteiger partial charge is 0.271 e. The Morgan fingerprint density at radius 3 is 2.78 bits per heavy atom. The molecule has 0 N–H and O–H groups in total. The molecular weight excluding hydrogens is 322 g/mol. The summed E-state index contributed by atoms with van der Waals surface area (Å²) in [6, 6.07) is 11.3. The molecule has 0 fully saturated rings. The van der Waals surface area contributed by atoms with E-state index in [1.165, 1.54) is 23.0 Å². The maximum atomic E-state index is 10.7. The van der Waals surface area contributed by atoms with E-state index in [1.807, 2.05) is 12.1 Å². The molecule has 0 spiro atoms. The number of methoxy groups -OCH3 is 1. The molecule has 1 heterocycles. The molecule has 0 unspecified atom stereocenters. The van der Waals surface area contributed by atoms with Crippen LogP contribution in [0.1, 0.15) is 0 Å². The molecule has 0 amide bonds. The number of hydrogen-bond acceptors (Lipinski definition) is 6. The summed E-state index contributed by atoms with van der Waals surface area (Å²) in [5, 5.41) is 23.0. The zero-order valence-electron chi connectivity index (χ0n) is 11.9. The number of nitro benzene ring substituents is 1. The number of non-ortho nitro benzene ring substituents is 1. The van der Waals surface area contributed by atoms with Crippen molar-refractivity contribution in [2.75, 3.05) is 7.11 Å². The zero-order chi connectivity index (χ0) is 16.4. The Balaban J connectivity index is 1.97. The van der Waals surface area contributed by atoms with E-state index in [1.54, 1.807) is 19.2 Å². The summed E-state index contributed by atoms with van der Waals surface area (Å²) in [5.41, 5.74) is 1.03. The van der Waals surface area contributed by atoms with Crippen LogP contribution in [0, 0.1) is 10.1 Å². The predicted octanol–water partition coefficient (Wildman–Crippen LogP) is 2.90. The van der Waals surface area contributed by atoms with Crippen LogP contribution in [0.2, 0.25) is 5.02 Å². The molecule has 0 saturated carbocycles. The summed E-state index contributed by atoms with van der Waals surface area (Å²) >= 11 is 6.06. The monoisotopic (exact) mass is 331 g/mol.